The molecule has 5 nitrogen and oxygen atoms in total. The number of thiophene rings is 1. The first-order chi connectivity index (χ1) is 9.42. The molecule has 0 saturated carbocycles. The van der Waals surface area contributed by atoms with Gasteiger partial charge in [0, 0.05) is 23.0 Å². The molecule has 4 N–H and O–H groups in total. The average molecular weight is 291 g/mol. The summed E-state index contributed by atoms with van der Waals surface area (Å²) in [7, 11) is 0. The third-order valence-corrected chi connectivity index (χ3v) is 4.34. The number of hydrogen-bond acceptors (Lipinski definition) is 5. The van der Waals surface area contributed by atoms with Gasteiger partial charge in [-0.15, -0.1) is 11.3 Å². The number of aromatic carboxylic acids is 1. The van der Waals surface area contributed by atoms with Crippen molar-refractivity contribution in [2.24, 2.45) is 0 Å². The summed E-state index contributed by atoms with van der Waals surface area (Å²) in [6, 6.07) is 5.49. The van der Waals surface area contributed by atoms with Crippen LogP contribution >= 0.6 is 11.3 Å². The van der Waals surface area contributed by atoms with Gasteiger partial charge in [0.05, 0.1) is 11.3 Å². The first-order valence-corrected chi connectivity index (χ1v) is 7.05. The molecule has 0 amide bonds. The topological polar surface area (TPSA) is 88.2 Å². The van der Waals surface area contributed by atoms with Crippen molar-refractivity contribution in [2.75, 3.05) is 17.6 Å². The highest BCUT2D eigenvalue weighted by Gasteiger charge is 2.22. The summed E-state index contributed by atoms with van der Waals surface area (Å²) < 4.78 is 0. The van der Waals surface area contributed by atoms with E-state index in [9.17, 15) is 4.79 Å². The lowest BCUT2D eigenvalue weighted by molar-refractivity contribution is 0.0698. The van der Waals surface area contributed by atoms with E-state index in [0.717, 1.165) is 0 Å². The van der Waals surface area contributed by atoms with Crippen LogP contribution in [0.2, 0.25) is 0 Å². The standard InChI is InChI=1S/C14H17N3O2S/c1-14(2,10-4-3-7-20-10)8-17-12-11(15)9(13(18)19)5-6-16-12/h3-7H,8,15H2,1-2H3,(H,16,17)(H,18,19). The number of nitrogens with zero attached hydrogens (tertiary/aromatic N) is 1. The van der Waals surface area contributed by atoms with Gasteiger partial charge in [-0.1, -0.05) is 19.9 Å². The van der Waals surface area contributed by atoms with Crippen LogP contribution in [0, 0.1) is 0 Å². The summed E-state index contributed by atoms with van der Waals surface area (Å²) in [4.78, 5) is 16.4. The number of nitrogens with two attached hydrogens (primary N) is 1. The number of carbonyl (C=O) groups is 1. The zero-order chi connectivity index (χ0) is 14.8. The van der Waals surface area contributed by atoms with Crippen LogP contribution in [0.5, 0.6) is 0 Å². The molecular formula is C14H17N3O2S. The number of hydrogen-bond donors (Lipinski definition) is 3. The van der Waals surface area contributed by atoms with E-state index in [1.54, 1.807) is 11.3 Å². The van der Waals surface area contributed by atoms with E-state index in [1.165, 1.54) is 17.1 Å². The van der Waals surface area contributed by atoms with E-state index in [1.807, 2.05) is 11.4 Å². The number of rotatable bonds is 5. The molecule has 20 heavy (non-hydrogen) atoms. The molecule has 0 aliphatic rings. The summed E-state index contributed by atoms with van der Waals surface area (Å²) in [6.07, 6.45) is 1.44. The van der Waals surface area contributed by atoms with Gasteiger partial charge in [-0.25, -0.2) is 9.78 Å². The third kappa shape index (κ3) is 2.91. The average Bonchev–Trinajstić information content (AvgIpc) is 2.92. The summed E-state index contributed by atoms with van der Waals surface area (Å²) in [5, 5.41) is 14.2. The van der Waals surface area contributed by atoms with Crippen molar-refractivity contribution in [2.45, 2.75) is 19.3 Å². The Bertz CT molecular complexity index is 609. The van der Waals surface area contributed by atoms with Gasteiger partial charge in [0.25, 0.3) is 0 Å². The Morgan fingerprint density at radius 1 is 1.50 bits per heavy atom. The summed E-state index contributed by atoms with van der Waals surface area (Å²) in [5.74, 6) is -0.639. The van der Waals surface area contributed by atoms with Crippen molar-refractivity contribution in [3.63, 3.8) is 0 Å². The molecule has 0 saturated heterocycles. The van der Waals surface area contributed by atoms with Crippen molar-refractivity contribution in [3.8, 4) is 0 Å². The van der Waals surface area contributed by atoms with Crippen molar-refractivity contribution in [1.82, 2.24) is 4.98 Å². The molecule has 0 aromatic carbocycles. The minimum Gasteiger partial charge on any atom is -0.478 e. The molecule has 2 aromatic heterocycles. The monoisotopic (exact) mass is 291 g/mol. The van der Waals surface area contributed by atoms with E-state index >= 15 is 0 Å². The molecule has 0 bridgehead atoms. The van der Waals surface area contributed by atoms with E-state index in [4.69, 9.17) is 10.8 Å². The lowest BCUT2D eigenvalue weighted by Crippen LogP contribution is -2.27. The summed E-state index contributed by atoms with van der Waals surface area (Å²) in [6.45, 7) is 4.85. The molecule has 0 aliphatic heterocycles. The maximum atomic E-state index is 11.0. The smallest absolute Gasteiger partial charge is 0.337 e. The van der Waals surface area contributed by atoms with Gasteiger partial charge in [0.1, 0.15) is 5.82 Å². The number of anilines is 2. The second kappa shape index (κ2) is 5.50. The van der Waals surface area contributed by atoms with Gasteiger partial charge >= 0.3 is 5.97 Å². The lowest BCUT2D eigenvalue weighted by Gasteiger charge is -2.24. The van der Waals surface area contributed by atoms with Gasteiger partial charge in [-0.3, -0.25) is 0 Å². The van der Waals surface area contributed by atoms with Crippen LogP contribution < -0.4 is 11.1 Å². The Hall–Kier alpha value is -2.08. The molecule has 0 atom stereocenters. The largest absolute Gasteiger partial charge is 0.478 e. The van der Waals surface area contributed by atoms with Gasteiger partial charge < -0.3 is 16.2 Å². The first kappa shape index (κ1) is 14.3. The highest BCUT2D eigenvalue weighted by atomic mass is 32.1. The second-order valence-corrected chi connectivity index (χ2v) is 6.09. The van der Waals surface area contributed by atoms with E-state index in [0.29, 0.717) is 12.4 Å². The SMILES string of the molecule is CC(C)(CNc1nccc(C(=O)O)c1N)c1cccs1. The first-order valence-electron chi connectivity index (χ1n) is 6.17. The Morgan fingerprint density at radius 3 is 2.85 bits per heavy atom. The zero-order valence-corrected chi connectivity index (χ0v) is 12.2. The number of pyridine rings is 1. The number of carboxylic acid groups (broad SMARTS) is 1. The molecule has 2 heterocycles. The number of nitrogen functional groups attached to an aromatic ring is 1. The van der Waals surface area contributed by atoms with Crippen LogP contribution in [0.15, 0.2) is 29.8 Å². The van der Waals surface area contributed by atoms with Crippen LogP contribution in [0.3, 0.4) is 0 Å². The fraction of sp³-hybridized carbons (Fsp3) is 0.286. The summed E-state index contributed by atoms with van der Waals surface area (Å²) >= 11 is 1.69. The van der Waals surface area contributed by atoms with Gasteiger partial charge in [-0.2, -0.15) is 0 Å². The number of carboxylic acids is 1. The molecule has 106 valence electrons. The molecule has 0 unspecified atom stereocenters. The predicted octanol–water partition coefficient (Wildman–Crippen LogP) is 2.81. The van der Waals surface area contributed by atoms with Crippen LogP contribution in [-0.2, 0) is 5.41 Å². The van der Waals surface area contributed by atoms with Gasteiger partial charge in [0.2, 0.25) is 0 Å². The van der Waals surface area contributed by atoms with Crippen molar-refractivity contribution < 1.29 is 9.90 Å². The molecule has 2 rings (SSSR count). The van der Waals surface area contributed by atoms with Gasteiger partial charge in [-0.05, 0) is 17.5 Å². The molecular weight excluding hydrogens is 274 g/mol. The third-order valence-electron chi connectivity index (χ3n) is 3.11. The maximum absolute atomic E-state index is 11.0. The van der Waals surface area contributed by atoms with E-state index in [2.05, 4.69) is 30.2 Å². The Morgan fingerprint density at radius 2 is 2.25 bits per heavy atom. The Labute approximate surface area is 121 Å². The predicted molar refractivity (Wildman–Crippen MR) is 81.4 cm³/mol. The normalized spacial score (nSPS) is 11.3. The van der Waals surface area contributed by atoms with Crippen molar-refractivity contribution >= 4 is 28.8 Å². The quantitative estimate of drug-likeness (QED) is 0.788. The van der Waals surface area contributed by atoms with Crippen LogP contribution in [-0.4, -0.2) is 22.6 Å². The minimum absolute atomic E-state index is 0.0661. The fourth-order valence-corrected chi connectivity index (χ4v) is 2.71. The Kier molecular flexibility index (Phi) is 3.94. The fourth-order valence-electron chi connectivity index (χ4n) is 1.86. The van der Waals surface area contributed by atoms with E-state index in [-0.39, 0.29) is 16.7 Å². The van der Waals surface area contributed by atoms with Crippen molar-refractivity contribution in [3.05, 3.63) is 40.2 Å². The summed E-state index contributed by atoms with van der Waals surface area (Å²) in [5.41, 5.74) is 5.98. The lowest BCUT2D eigenvalue weighted by atomic mass is 9.91. The molecule has 0 radical (unpaired) electrons. The second-order valence-electron chi connectivity index (χ2n) is 5.14. The van der Waals surface area contributed by atoms with E-state index < -0.39 is 5.97 Å². The molecule has 0 aliphatic carbocycles. The molecule has 6 heteroatoms. The van der Waals surface area contributed by atoms with Crippen molar-refractivity contribution in [1.29, 1.82) is 0 Å². The van der Waals surface area contributed by atoms with Crippen LogP contribution in [0.4, 0.5) is 11.5 Å². The molecule has 0 fully saturated rings. The molecule has 2 aromatic rings. The maximum Gasteiger partial charge on any atom is 0.337 e. The molecule has 0 spiro atoms. The van der Waals surface area contributed by atoms with Gasteiger partial charge in [0.15, 0.2) is 0 Å². The highest BCUT2D eigenvalue weighted by molar-refractivity contribution is 7.10. The van der Waals surface area contributed by atoms with Crippen LogP contribution in [0.25, 0.3) is 0 Å². The van der Waals surface area contributed by atoms with Crippen LogP contribution in [0.1, 0.15) is 29.1 Å². The Balaban J connectivity index is 2.16. The minimum atomic E-state index is -1.05. The highest BCUT2D eigenvalue weighted by Crippen LogP contribution is 2.28. The number of nitrogens with one attached hydrogen (secondary N) is 1. The number of aromatic nitrogens is 1. The zero-order valence-electron chi connectivity index (χ0n) is 11.4.